The molecule has 3 saturated heterocycles. The minimum absolute atomic E-state index is 0.179. The maximum atomic E-state index is 13.8. The standard InChI is InChI=1S/C46H58N4O8S/c1-4-58-42-29-35(14-17-41(42)57-2)40(30-59(3,55)56)50-45(53)38-15-9-31(28-39(38)46(50)54)8-6-5-7-23-48-24-21-36(22-25-48)49-26-19-33(20-27-49)32-10-12-34(13-11-32)37-16-18-43(51)47-44(37)52/h9-15,17,28-29,33,36-37,40H,4-8,16,18-27,30H2,1-3H3,(H,47,51,52). The van der Waals surface area contributed by atoms with Crippen LogP contribution in [0.15, 0.2) is 60.7 Å². The summed E-state index contributed by atoms with van der Waals surface area (Å²) in [6.07, 6.45) is 10.7. The van der Waals surface area contributed by atoms with Crippen molar-refractivity contribution in [2.45, 2.75) is 95.1 Å². The number of unbranched alkanes of at least 4 members (excludes halogenated alkanes) is 2. The number of aryl methyl sites for hydroxylation is 1. The highest BCUT2D eigenvalue weighted by atomic mass is 32.2. The van der Waals surface area contributed by atoms with Gasteiger partial charge in [-0.2, -0.15) is 0 Å². The van der Waals surface area contributed by atoms with Crippen molar-refractivity contribution < 1.29 is 37.1 Å². The zero-order valence-corrected chi connectivity index (χ0v) is 35.4. The zero-order chi connectivity index (χ0) is 41.7. The normalized spacial score (nSPS) is 20.5. The van der Waals surface area contributed by atoms with Gasteiger partial charge in [-0.1, -0.05) is 42.8 Å². The minimum atomic E-state index is -3.58. The second kappa shape index (κ2) is 18.8. The van der Waals surface area contributed by atoms with Gasteiger partial charge in [-0.25, -0.2) is 8.42 Å². The van der Waals surface area contributed by atoms with Gasteiger partial charge in [-0.05, 0) is 143 Å². The predicted octanol–water partition coefficient (Wildman–Crippen LogP) is 6.05. The molecule has 4 aliphatic rings. The maximum absolute atomic E-state index is 13.8. The summed E-state index contributed by atoms with van der Waals surface area (Å²) in [5.74, 6) is -0.562. The van der Waals surface area contributed by atoms with Gasteiger partial charge < -0.3 is 19.3 Å². The first-order valence-electron chi connectivity index (χ1n) is 21.3. The van der Waals surface area contributed by atoms with Crippen molar-refractivity contribution in [3.8, 4) is 11.5 Å². The third kappa shape index (κ3) is 10.1. The Morgan fingerprint density at radius 3 is 2.17 bits per heavy atom. The van der Waals surface area contributed by atoms with E-state index >= 15 is 0 Å². The fourth-order valence-corrected chi connectivity index (χ4v) is 10.4. The van der Waals surface area contributed by atoms with Crippen molar-refractivity contribution in [1.82, 2.24) is 20.0 Å². The van der Waals surface area contributed by atoms with Gasteiger partial charge in [0, 0.05) is 18.7 Å². The maximum Gasteiger partial charge on any atom is 0.262 e. The van der Waals surface area contributed by atoms with E-state index in [0.717, 1.165) is 93.5 Å². The Labute approximate surface area is 348 Å². The van der Waals surface area contributed by atoms with E-state index < -0.39 is 33.4 Å². The summed E-state index contributed by atoms with van der Waals surface area (Å²) in [4.78, 5) is 57.7. The highest BCUT2D eigenvalue weighted by molar-refractivity contribution is 7.90. The Kier molecular flexibility index (Phi) is 13.5. The Hall–Kier alpha value is -4.59. The molecule has 0 aliphatic carbocycles. The molecule has 0 bridgehead atoms. The number of hydrogen-bond donors (Lipinski definition) is 1. The van der Waals surface area contributed by atoms with E-state index in [1.807, 2.05) is 13.0 Å². The number of hydrogen-bond acceptors (Lipinski definition) is 10. The molecule has 4 amide bonds. The van der Waals surface area contributed by atoms with Crippen LogP contribution in [0.25, 0.3) is 0 Å². The molecular formula is C46H58N4O8S. The fraction of sp³-hybridized carbons (Fsp3) is 0.522. The lowest BCUT2D eigenvalue weighted by Crippen LogP contribution is -2.47. The smallest absolute Gasteiger partial charge is 0.262 e. The van der Waals surface area contributed by atoms with Crippen LogP contribution < -0.4 is 14.8 Å². The number of amides is 4. The number of sulfone groups is 1. The van der Waals surface area contributed by atoms with E-state index in [0.29, 0.717) is 59.6 Å². The molecule has 59 heavy (non-hydrogen) atoms. The highest BCUT2D eigenvalue weighted by Crippen LogP contribution is 2.38. The second-order valence-corrected chi connectivity index (χ2v) is 18.9. The lowest BCUT2D eigenvalue weighted by molar-refractivity contribution is -0.134. The number of nitrogens with one attached hydrogen (secondary N) is 1. The molecule has 7 rings (SSSR count). The average Bonchev–Trinajstić information content (AvgIpc) is 3.47. The van der Waals surface area contributed by atoms with Crippen molar-refractivity contribution in [3.63, 3.8) is 0 Å². The molecule has 4 aliphatic heterocycles. The number of imide groups is 2. The van der Waals surface area contributed by atoms with Gasteiger partial charge in [0.25, 0.3) is 11.8 Å². The molecule has 0 spiro atoms. The van der Waals surface area contributed by atoms with Crippen LogP contribution in [-0.2, 0) is 25.8 Å². The summed E-state index contributed by atoms with van der Waals surface area (Å²) in [5, 5.41) is 2.47. The Morgan fingerprint density at radius 1 is 0.780 bits per heavy atom. The van der Waals surface area contributed by atoms with Gasteiger partial charge in [0.2, 0.25) is 11.8 Å². The summed E-state index contributed by atoms with van der Waals surface area (Å²) < 4.78 is 36.3. The van der Waals surface area contributed by atoms with E-state index in [9.17, 15) is 27.6 Å². The van der Waals surface area contributed by atoms with Crippen molar-refractivity contribution in [3.05, 3.63) is 94.0 Å². The first-order chi connectivity index (χ1) is 28.4. The molecule has 3 fully saturated rings. The molecule has 1 N–H and O–H groups in total. The summed E-state index contributed by atoms with van der Waals surface area (Å²) in [5.41, 5.74) is 4.42. The predicted molar refractivity (Wildman–Crippen MR) is 226 cm³/mol. The van der Waals surface area contributed by atoms with Crippen LogP contribution in [0.4, 0.5) is 0 Å². The van der Waals surface area contributed by atoms with Crippen LogP contribution in [0.2, 0.25) is 0 Å². The quantitative estimate of drug-likeness (QED) is 0.134. The third-order valence-electron chi connectivity index (χ3n) is 12.7. The number of likely N-dealkylation sites (tertiary alicyclic amines) is 2. The van der Waals surface area contributed by atoms with Crippen molar-refractivity contribution in [2.24, 2.45) is 0 Å². The molecule has 2 unspecified atom stereocenters. The SMILES string of the molecule is CCOc1cc(C(CS(C)(=O)=O)N2C(=O)c3ccc(CCCCCN4CCC(N5CCC(c6ccc(C7CCC(=O)NC7=O)cc6)CC5)CC4)cc3C2=O)ccc1OC. The molecule has 3 aromatic rings. The first-order valence-corrected chi connectivity index (χ1v) is 23.4. The minimum Gasteiger partial charge on any atom is -0.493 e. The average molecular weight is 827 g/mol. The van der Waals surface area contributed by atoms with Crippen LogP contribution in [-0.4, -0.2) is 111 Å². The molecule has 4 heterocycles. The number of carbonyl (C=O) groups is 4. The van der Waals surface area contributed by atoms with Gasteiger partial charge in [0.1, 0.15) is 9.84 Å². The van der Waals surface area contributed by atoms with Crippen LogP contribution in [0.5, 0.6) is 11.5 Å². The topological polar surface area (TPSA) is 143 Å². The number of fused-ring (bicyclic) bond motifs is 1. The van der Waals surface area contributed by atoms with E-state index in [4.69, 9.17) is 9.47 Å². The summed E-state index contributed by atoms with van der Waals surface area (Å²) in [7, 11) is -2.07. The van der Waals surface area contributed by atoms with Gasteiger partial charge in [0.05, 0.1) is 42.6 Å². The number of benzene rings is 3. The number of piperidine rings is 3. The van der Waals surface area contributed by atoms with Crippen molar-refractivity contribution >= 4 is 33.5 Å². The molecule has 316 valence electrons. The van der Waals surface area contributed by atoms with Gasteiger partial charge in [0.15, 0.2) is 11.5 Å². The lowest BCUT2D eigenvalue weighted by Gasteiger charge is -2.42. The Morgan fingerprint density at radius 2 is 1.49 bits per heavy atom. The molecule has 2 atom stereocenters. The fourth-order valence-electron chi connectivity index (χ4n) is 9.48. The second-order valence-electron chi connectivity index (χ2n) is 16.7. The van der Waals surface area contributed by atoms with Crippen molar-refractivity contribution in [2.75, 3.05) is 58.4 Å². The molecule has 0 saturated carbocycles. The van der Waals surface area contributed by atoms with E-state index in [2.05, 4.69) is 39.4 Å². The first kappa shape index (κ1) is 42.5. The van der Waals surface area contributed by atoms with E-state index in [1.165, 1.54) is 25.5 Å². The van der Waals surface area contributed by atoms with E-state index in [-0.39, 0.29) is 17.7 Å². The van der Waals surface area contributed by atoms with Gasteiger partial charge in [-0.15, -0.1) is 0 Å². The van der Waals surface area contributed by atoms with Crippen LogP contribution in [0.1, 0.15) is 126 Å². The number of rotatable bonds is 16. The molecular weight excluding hydrogens is 769 g/mol. The van der Waals surface area contributed by atoms with Crippen LogP contribution in [0, 0.1) is 0 Å². The Balaban J connectivity index is 0.841. The zero-order valence-electron chi connectivity index (χ0n) is 34.6. The lowest BCUT2D eigenvalue weighted by atomic mass is 9.85. The van der Waals surface area contributed by atoms with Gasteiger partial charge in [-0.3, -0.25) is 29.4 Å². The largest absolute Gasteiger partial charge is 0.493 e. The molecule has 0 aromatic heterocycles. The van der Waals surface area contributed by atoms with Crippen LogP contribution in [0.3, 0.4) is 0 Å². The summed E-state index contributed by atoms with van der Waals surface area (Å²) in [6.45, 7) is 7.74. The number of nitrogens with zero attached hydrogens (tertiary/aromatic N) is 3. The van der Waals surface area contributed by atoms with Crippen molar-refractivity contribution in [1.29, 1.82) is 0 Å². The highest BCUT2D eigenvalue weighted by Gasteiger charge is 2.42. The molecule has 3 aromatic carbocycles. The Bertz CT molecular complexity index is 2120. The number of methoxy groups -OCH3 is 1. The number of carbonyl (C=O) groups excluding carboxylic acids is 4. The van der Waals surface area contributed by atoms with Gasteiger partial charge >= 0.3 is 0 Å². The monoisotopic (exact) mass is 826 g/mol. The summed E-state index contributed by atoms with van der Waals surface area (Å²) in [6, 6.07) is 18.6. The third-order valence-corrected chi connectivity index (χ3v) is 13.6. The molecule has 13 heteroatoms. The van der Waals surface area contributed by atoms with E-state index in [1.54, 1.807) is 30.3 Å². The summed E-state index contributed by atoms with van der Waals surface area (Å²) >= 11 is 0. The molecule has 12 nitrogen and oxygen atoms in total. The van der Waals surface area contributed by atoms with Crippen LogP contribution >= 0.6 is 0 Å². The molecule has 0 radical (unpaired) electrons. The number of ether oxygens (including phenoxy) is 2.